The Morgan fingerprint density at radius 3 is 2.58 bits per heavy atom. The molecule has 1 atom stereocenters. The van der Waals surface area contributed by atoms with Crippen LogP contribution >= 0.6 is 0 Å². The SMILES string of the molecule is CNC(=O)[C@H]1Cc2ccccc2N1C(=O)NCCc1ccc(OC)cc1. The van der Waals surface area contributed by atoms with Gasteiger partial charge in [0.1, 0.15) is 11.8 Å². The average Bonchev–Trinajstić information content (AvgIpc) is 3.07. The summed E-state index contributed by atoms with van der Waals surface area (Å²) in [6.45, 7) is 0.490. The number of para-hydroxylation sites is 1. The molecule has 0 spiro atoms. The summed E-state index contributed by atoms with van der Waals surface area (Å²) in [5, 5.41) is 5.57. The van der Waals surface area contributed by atoms with Gasteiger partial charge in [0.2, 0.25) is 5.91 Å². The molecule has 0 radical (unpaired) electrons. The van der Waals surface area contributed by atoms with Crippen molar-refractivity contribution in [2.24, 2.45) is 0 Å². The maximum Gasteiger partial charge on any atom is 0.322 e. The van der Waals surface area contributed by atoms with E-state index in [9.17, 15) is 9.59 Å². The van der Waals surface area contributed by atoms with Gasteiger partial charge in [-0.3, -0.25) is 9.69 Å². The highest BCUT2D eigenvalue weighted by atomic mass is 16.5. The molecule has 6 nitrogen and oxygen atoms in total. The Kier molecular flexibility index (Phi) is 5.41. The number of methoxy groups -OCH3 is 1. The van der Waals surface area contributed by atoms with E-state index in [0.29, 0.717) is 19.4 Å². The molecule has 3 rings (SSSR count). The van der Waals surface area contributed by atoms with Crippen LogP contribution in [0, 0.1) is 0 Å². The van der Waals surface area contributed by atoms with Gasteiger partial charge in [-0.1, -0.05) is 30.3 Å². The van der Waals surface area contributed by atoms with Crippen LogP contribution < -0.4 is 20.3 Å². The summed E-state index contributed by atoms with van der Waals surface area (Å²) >= 11 is 0. The average molecular weight is 353 g/mol. The van der Waals surface area contributed by atoms with E-state index in [1.807, 2.05) is 48.5 Å². The van der Waals surface area contributed by atoms with E-state index in [2.05, 4.69) is 10.6 Å². The van der Waals surface area contributed by atoms with Gasteiger partial charge >= 0.3 is 6.03 Å². The monoisotopic (exact) mass is 353 g/mol. The zero-order valence-corrected chi connectivity index (χ0v) is 15.0. The van der Waals surface area contributed by atoms with Crippen LogP contribution in [0.4, 0.5) is 10.5 Å². The predicted molar refractivity (Wildman–Crippen MR) is 101 cm³/mol. The van der Waals surface area contributed by atoms with Gasteiger partial charge < -0.3 is 15.4 Å². The Balaban J connectivity index is 1.65. The first-order valence-electron chi connectivity index (χ1n) is 8.63. The van der Waals surface area contributed by atoms with Gasteiger partial charge in [0, 0.05) is 25.7 Å². The minimum absolute atomic E-state index is 0.161. The van der Waals surface area contributed by atoms with Crippen LogP contribution in [-0.4, -0.2) is 38.7 Å². The molecule has 0 saturated carbocycles. The van der Waals surface area contributed by atoms with Crippen molar-refractivity contribution in [3.63, 3.8) is 0 Å². The number of urea groups is 1. The fourth-order valence-electron chi connectivity index (χ4n) is 3.20. The number of ether oxygens (including phenoxy) is 1. The fraction of sp³-hybridized carbons (Fsp3) is 0.300. The lowest BCUT2D eigenvalue weighted by atomic mass is 10.1. The molecule has 26 heavy (non-hydrogen) atoms. The topological polar surface area (TPSA) is 70.7 Å². The van der Waals surface area contributed by atoms with Crippen LogP contribution in [0.5, 0.6) is 5.75 Å². The third-order valence-electron chi connectivity index (χ3n) is 4.59. The lowest BCUT2D eigenvalue weighted by Crippen LogP contribution is -2.51. The number of benzene rings is 2. The van der Waals surface area contributed by atoms with E-state index in [1.165, 1.54) is 0 Å². The molecule has 1 heterocycles. The van der Waals surface area contributed by atoms with Gasteiger partial charge in [0.15, 0.2) is 0 Å². The Morgan fingerprint density at radius 1 is 1.15 bits per heavy atom. The van der Waals surface area contributed by atoms with E-state index in [-0.39, 0.29) is 11.9 Å². The molecule has 6 heteroatoms. The van der Waals surface area contributed by atoms with Crippen molar-refractivity contribution in [1.29, 1.82) is 0 Å². The number of amides is 3. The summed E-state index contributed by atoms with van der Waals surface area (Å²) in [6, 6.07) is 14.6. The normalized spacial score (nSPS) is 15.3. The second-order valence-electron chi connectivity index (χ2n) is 6.16. The number of anilines is 1. The summed E-state index contributed by atoms with van der Waals surface area (Å²) in [7, 11) is 3.22. The number of nitrogens with zero attached hydrogens (tertiary/aromatic N) is 1. The maximum absolute atomic E-state index is 12.7. The van der Waals surface area contributed by atoms with E-state index < -0.39 is 6.04 Å². The van der Waals surface area contributed by atoms with E-state index in [1.54, 1.807) is 19.1 Å². The second kappa shape index (κ2) is 7.91. The van der Waals surface area contributed by atoms with Crippen LogP contribution in [0.1, 0.15) is 11.1 Å². The van der Waals surface area contributed by atoms with E-state index >= 15 is 0 Å². The van der Waals surface area contributed by atoms with Crippen LogP contribution in [0.3, 0.4) is 0 Å². The molecule has 2 N–H and O–H groups in total. The first-order chi connectivity index (χ1) is 12.6. The second-order valence-corrected chi connectivity index (χ2v) is 6.16. The molecule has 0 unspecified atom stereocenters. The predicted octanol–water partition coefficient (Wildman–Crippen LogP) is 2.12. The zero-order chi connectivity index (χ0) is 18.5. The number of rotatable bonds is 5. The molecule has 1 aliphatic rings. The minimum Gasteiger partial charge on any atom is -0.497 e. The molecule has 0 saturated heterocycles. The van der Waals surface area contributed by atoms with Gasteiger partial charge in [-0.25, -0.2) is 4.79 Å². The summed E-state index contributed by atoms with van der Waals surface area (Å²) in [6.07, 6.45) is 1.23. The first-order valence-corrected chi connectivity index (χ1v) is 8.63. The number of carbonyl (C=O) groups excluding carboxylic acids is 2. The van der Waals surface area contributed by atoms with Crippen molar-refractivity contribution in [3.05, 3.63) is 59.7 Å². The highest BCUT2D eigenvalue weighted by molar-refractivity contribution is 6.02. The van der Waals surface area contributed by atoms with Gasteiger partial charge in [-0.15, -0.1) is 0 Å². The third kappa shape index (κ3) is 3.64. The summed E-state index contributed by atoms with van der Waals surface area (Å²) < 4.78 is 5.14. The molecule has 0 aromatic heterocycles. The van der Waals surface area contributed by atoms with Crippen molar-refractivity contribution in [2.45, 2.75) is 18.9 Å². The van der Waals surface area contributed by atoms with Crippen LogP contribution in [-0.2, 0) is 17.6 Å². The molecular formula is C20H23N3O3. The fourth-order valence-corrected chi connectivity index (χ4v) is 3.20. The smallest absolute Gasteiger partial charge is 0.322 e. The van der Waals surface area contributed by atoms with Crippen molar-refractivity contribution in [1.82, 2.24) is 10.6 Å². The standard InChI is InChI=1S/C20H23N3O3/c1-21-19(24)18-13-15-5-3-4-6-17(15)23(18)20(25)22-12-11-14-7-9-16(26-2)10-8-14/h3-10,18H,11-13H2,1-2H3,(H,21,24)(H,22,25)/t18-/m1/s1. The van der Waals surface area contributed by atoms with E-state index in [4.69, 9.17) is 4.74 Å². The first kappa shape index (κ1) is 17.8. The molecule has 2 aromatic carbocycles. The molecule has 0 fully saturated rings. The number of carbonyl (C=O) groups is 2. The van der Waals surface area contributed by atoms with Gasteiger partial charge in [0.25, 0.3) is 0 Å². The molecule has 136 valence electrons. The highest BCUT2D eigenvalue weighted by Gasteiger charge is 2.37. The number of nitrogens with one attached hydrogen (secondary N) is 2. The lowest BCUT2D eigenvalue weighted by molar-refractivity contribution is -0.121. The lowest BCUT2D eigenvalue weighted by Gasteiger charge is -2.24. The summed E-state index contributed by atoms with van der Waals surface area (Å²) in [4.78, 5) is 26.5. The Labute approximate surface area is 153 Å². The molecule has 1 aliphatic heterocycles. The van der Waals surface area contributed by atoms with Crippen LogP contribution in [0.15, 0.2) is 48.5 Å². The number of likely N-dealkylation sites (N-methyl/N-ethyl adjacent to an activating group) is 1. The number of fused-ring (bicyclic) bond motifs is 1. The van der Waals surface area contributed by atoms with Crippen molar-refractivity contribution in [2.75, 3.05) is 25.6 Å². The summed E-state index contributed by atoms with van der Waals surface area (Å²) in [5.41, 5.74) is 2.91. The van der Waals surface area contributed by atoms with Gasteiger partial charge in [-0.05, 0) is 35.7 Å². The zero-order valence-electron chi connectivity index (χ0n) is 15.0. The largest absolute Gasteiger partial charge is 0.497 e. The molecule has 0 bridgehead atoms. The molecular weight excluding hydrogens is 330 g/mol. The van der Waals surface area contributed by atoms with Crippen LogP contribution in [0.25, 0.3) is 0 Å². The van der Waals surface area contributed by atoms with Gasteiger partial charge in [0.05, 0.1) is 7.11 Å². The third-order valence-corrected chi connectivity index (χ3v) is 4.59. The van der Waals surface area contributed by atoms with E-state index in [0.717, 1.165) is 22.6 Å². The van der Waals surface area contributed by atoms with Crippen molar-refractivity contribution >= 4 is 17.6 Å². The number of hydrogen-bond acceptors (Lipinski definition) is 3. The molecule has 2 aromatic rings. The quantitative estimate of drug-likeness (QED) is 0.865. The maximum atomic E-state index is 12.7. The minimum atomic E-state index is -0.515. The Bertz CT molecular complexity index is 789. The van der Waals surface area contributed by atoms with Crippen molar-refractivity contribution in [3.8, 4) is 5.75 Å². The Hall–Kier alpha value is -3.02. The van der Waals surface area contributed by atoms with Gasteiger partial charge in [-0.2, -0.15) is 0 Å². The van der Waals surface area contributed by atoms with Crippen molar-refractivity contribution < 1.29 is 14.3 Å². The van der Waals surface area contributed by atoms with Crippen LogP contribution in [0.2, 0.25) is 0 Å². The molecule has 3 amide bonds. The molecule has 0 aliphatic carbocycles. The number of hydrogen-bond donors (Lipinski definition) is 2. The Morgan fingerprint density at radius 2 is 1.88 bits per heavy atom. The summed E-state index contributed by atoms with van der Waals surface area (Å²) in [5.74, 6) is 0.645. The highest BCUT2D eigenvalue weighted by Crippen LogP contribution is 2.32.